The third kappa shape index (κ3) is 4.44. The molecule has 1 aromatic heterocycles. The Morgan fingerprint density at radius 2 is 1.47 bits per heavy atom. The summed E-state index contributed by atoms with van der Waals surface area (Å²) in [5.41, 5.74) is 3.21. The van der Waals surface area contributed by atoms with E-state index in [0.717, 1.165) is 11.3 Å². The fraction of sp³-hybridized carbons (Fsp3) is 0.0417. The van der Waals surface area contributed by atoms with Gasteiger partial charge in [0.15, 0.2) is 0 Å². The lowest BCUT2D eigenvalue weighted by atomic mass is 10.1. The van der Waals surface area contributed by atoms with Crippen LogP contribution in [-0.2, 0) is 6.54 Å². The molecule has 2 amide bonds. The van der Waals surface area contributed by atoms with Crippen LogP contribution in [0.1, 0.15) is 26.3 Å². The second-order valence-electron chi connectivity index (χ2n) is 6.68. The monoisotopic (exact) mass is 396 g/mol. The highest BCUT2D eigenvalue weighted by molar-refractivity contribution is 6.08. The van der Waals surface area contributed by atoms with Crippen molar-refractivity contribution in [2.24, 2.45) is 0 Å². The quantitative estimate of drug-likeness (QED) is 0.516. The predicted octanol–water partition coefficient (Wildman–Crippen LogP) is 4.05. The van der Waals surface area contributed by atoms with E-state index in [4.69, 9.17) is 0 Å². The third-order valence-corrected chi connectivity index (χ3v) is 4.57. The highest BCUT2D eigenvalue weighted by atomic mass is 16.2. The summed E-state index contributed by atoms with van der Waals surface area (Å²) in [5.74, 6) is -0.536. The Morgan fingerprint density at radius 3 is 2.23 bits per heavy atom. The van der Waals surface area contributed by atoms with Crippen LogP contribution in [0.5, 0.6) is 0 Å². The van der Waals surface area contributed by atoms with Crippen LogP contribution >= 0.6 is 0 Å². The molecule has 0 aliphatic carbocycles. The van der Waals surface area contributed by atoms with Crippen LogP contribution in [0.4, 0.5) is 5.69 Å². The molecule has 0 atom stereocenters. The Bertz CT molecular complexity index is 1150. The summed E-state index contributed by atoms with van der Waals surface area (Å²) in [6, 6.07) is 25.6. The molecule has 30 heavy (non-hydrogen) atoms. The van der Waals surface area contributed by atoms with Crippen molar-refractivity contribution in [2.75, 3.05) is 5.32 Å². The van der Waals surface area contributed by atoms with E-state index in [1.54, 1.807) is 59.4 Å². The number of nitrogens with zero attached hydrogens (tertiary/aromatic N) is 2. The highest BCUT2D eigenvalue weighted by Gasteiger charge is 2.14. The minimum absolute atomic E-state index is 0.264. The van der Waals surface area contributed by atoms with Crippen LogP contribution in [0.25, 0.3) is 5.69 Å². The van der Waals surface area contributed by atoms with Gasteiger partial charge in [-0.05, 0) is 36.4 Å². The molecule has 6 nitrogen and oxygen atoms in total. The lowest BCUT2D eigenvalue weighted by Crippen LogP contribution is -2.24. The van der Waals surface area contributed by atoms with E-state index in [-0.39, 0.29) is 11.8 Å². The van der Waals surface area contributed by atoms with Gasteiger partial charge < -0.3 is 10.6 Å². The topological polar surface area (TPSA) is 76.0 Å². The average molecular weight is 396 g/mol. The van der Waals surface area contributed by atoms with Crippen molar-refractivity contribution in [3.63, 3.8) is 0 Å². The SMILES string of the molecule is O=C(Nc1ccccc1C(=O)NCc1cnn(-c2ccccc2)c1)c1ccccc1. The number of anilines is 1. The Balaban J connectivity index is 1.43. The van der Waals surface area contributed by atoms with Gasteiger partial charge in [0.25, 0.3) is 11.8 Å². The van der Waals surface area contributed by atoms with E-state index < -0.39 is 0 Å². The fourth-order valence-corrected chi connectivity index (χ4v) is 3.03. The van der Waals surface area contributed by atoms with Crippen molar-refractivity contribution in [1.82, 2.24) is 15.1 Å². The predicted molar refractivity (Wildman–Crippen MR) is 116 cm³/mol. The summed E-state index contributed by atoms with van der Waals surface area (Å²) in [6.45, 7) is 0.326. The lowest BCUT2D eigenvalue weighted by molar-refractivity contribution is 0.0952. The molecule has 6 heteroatoms. The number of amides is 2. The van der Waals surface area contributed by atoms with E-state index in [2.05, 4.69) is 15.7 Å². The number of rotatable bonds is 6. The normalized spacial score (nSPS) is 10.4. The standard InChI is InChI=1S/C24H20N4O2/c29-23(19-9-3-1-4-10-19)27-22-14-8-7-13-21(22)24(30)25-15-18-16-26-28(17-18)20-11-5-2-6-12-20/h1-14,16-17H,15H2,(H,25,30)(H,27,29). The van der Waals surface area contributed by atoms with Crippen molar-refractivity contribution in [3.8, 4) is 5.69 Å². The number of carbonyl (C=O) groups excluding carboxylic acids is 2. The molecule has 4 aromatic rings. The van der Waals surface area contributed by atoms with Crippen LogP contribution in [0.3, 0.4) is 0 Å². The van der Waals surface area contributed by atoms with Crippen molar-refractivity contribution >= 4 is 17.5 Å². The van der Waals surface area contributed by atoms with Gasteiger partial charge in [-0.2, -0.15) is 5.10 Å². The molecule has 0 saturated carbocycles. The summed E-state index contributed by atoms with van der Waals surface area (Å²) in [7, 11) is 0. The molecular weight excluding hydrogens is 376 g/mol. The van der Waals surface area contributed by atoms with Gasteiger partial charge in [0.05, 0.1) is 23.1 Å². The van der Waals surface area contributed by atoms with Crippen molar-refractivity contribution in [3.05, 3.63) is 114 Å². The van der Waals surface area contributed by atoms with Crippen molar-refractivity contribution < 1.29 is 9.59 Å². The van der Waals surface area contributed by atoms with Crippen LogP contribution in [-0.4, -0.2) is 21.6 Å². The lowest BCUT2D eigenvalue weighted by Gasteiger charge is -2.11. The highest BCUT2D eigenvalue weighted by Crippen LogP contribution is 2.17. The van der Waals surface area contributed by atoms with Gasteiger partial charge in [-0.15, -0.1) is 0 Å². The van der Waals surface area contributed by atoms with Gasteiger partial charge >= 0.3 is 0 Å². The molecule has 3 aromatic carbocycles. The number of para-hydroxylation sites is 2. The second-order valence-corrected chi connectivity index (χ2v) is 6.68. The smallest absolute Gasteiger partial charge is 0.255 e. The van der Waals surface area contributed by atoms with E-state index in [1.165, 1.54) is 0 Å². The molecule has 148 valence electrons. The summed E-state index contributed by atoms with van der Waals surface area (Å²) in [6.07, 6.45) is 3.59. The number of benzene rings is 3. The minimum Gasteiger partial charge on any atom is -0.348 e. The fourth-order valence-electron chi connectivity index (χ4n) is 3.03. The van der Waals surface area contributed by atoms with Gasteiger partial charge in [0.2, 0.25) is 0 Å². The van der Waals surface area contributed by atoms with E-state index >= 15 is 0 Å². The molecule has 1 heterocycles. The van der Waals surface area contributed by atoms with Gasteiger partial charge in [0, 0.05) is 23.9 Å². The van der Waals surface area contributed by atoms with Crippen LogP contribution < -0.4 is 10.6 Å². The first-order valence-electron chi connectivity index (χ1n) is 9.53. The van der Waals surface area contributed by atoms with Crippen molar-refractivity contribution in [1.29, 1.82) is 0 Å². The summed E-state index contributed by atoms with van der Waals surface area (Å²) in [5, 5.41) is 10.0. The molecular formula is C24H20N4O2. The van der Waals surface area contributed by atoms with Crippen LogP contribution in [0, 0.1) is 0 Å². The summed E-state index contributed by atoms with van der Waals surface area (Å²) >= 11 is 0. The molecule has 0 fully saturated rings. The summed E-state index contributed by atoms with van der Waals surface area (Å²) in [4.78, 5) is 25.2. The zero-order valence-electron chi connectivity index (χ0n) is 16.2. The Hall–Kier alpha value is -4.19. The second kappa shape index (κ2) is 8.87. The first kappa shape index (κ1) is 19.1. The molecule has 0 saturated heterocycles. The van der Waals surface area contributed by atoms with Gasteiger partial charge in [-0.25, -0.2) is 4.68 Å². The Kier molecular flexibility index (Phi) is 5.66. The molecule has 0 spiro atoms. The number of nitrogens with one attached hydrogen (secondary N) is 2. The maximum Gasteiger partial charge on any atom is 0.255 e. The molecule has 2 N–H and O–H groups in total. The van der Waals surface area contributed by atoms with Crippen molar-refractivity contribution in [2.45, 2.75) is 6.54 Å². The Morgan fingerprint density at radius 1 is 0.800 bits per heavy atom. The number of carbonyl (C=O) groups is 2. The molecule has 0 radical (unpaired) electrons. The van der Waals surface area contributed by atoms with Crippen LogP contribution in [0.15, 0.2) is 97.3 Å². The molecule has 0 aliphatic heterocycles. The van der Waals surface area contributed by atoms with E-state index in [1.807, 2.05) is 42.6 Å². The molecule has 0 aliphatic rings. The minimum atomic E-state index is -0.272. The average Bonchev–Trinajstić information content (AvgIpc) is 3.28. The van der Waals surface area contributed by atoms with Gasteiger partial charge in [-0.3, -0.25) is 9.59 Å². The zero-order valence-corrected chi connectivity index (χ0v) is 16.2. The number of hydrogen-bond acceptors (Lipinski definition) is 3. The van der Waals surface area contributed by atoms with E-state index in [9.17, 15) is 9.59 Å². The first-order valence-corrected chi connectivity index (χ1v) is 9.53. The third-order valence-electron chi connectivity index (χ3n) is 4.57. The molecule has 4 rings (SSSR count). The zero-order chi connectivity index (χ0) is 20.8. The van der Waals surface area contributed by atoms with Crippen LogP contribution in [0.2, 0.25) is 0 Å². The molecule has 0 unspecified atom stereocenters. The maximum atomic E-state index is 12.7. The van der Waals surface area contributed by atoms with Gasteiger partial charge in [-0.1, -0.05) is 48.5 Å². The maximum absolute atomic E-state index is 12.7. The Labute approximate surface area is 174 Å². The summed E-state index contributed by atoms with van der Waals surface area (Å²) < 4.78 is 1.76. The largest absolute Gasteiger partial charge is 0.348 e. The first-order chi connectivity index (χ1) is 14.7. The van der Waals surface area contributed by atoms with E-state index in [0.29, 0.717) is 23.4 Å². The molecule has 0 bridgehead atoms. The van der Waals surface area contributed by atoms with Gasteiger partial charge in [0.1, 0.15) is 0 Å². The number of aromatic nitrogens is 2. The number of hydrogen-bond donors (Lipinski definition) is 2.